The van der Waals surface area contributed by atoms with Gasteiger partial charge in [0.25, 0.3) is 0 Å². The fourth-order valence-corrected chi connectivity index (χ4v) is 1.12. The molecule has 0 fully saturated rings. The highest BCUT2D eigenvalue weighted by molar-refractivity contribution is 8.00. The molecule has 0 atom stereocenters. The predicted octanol–water partition coefficient (Wildman–Crippen LogP) is 1.68. The van der Waals surface area contributed by atoms with Crippen LogP contribution in [0.15, 0.2) is 11.0 Å². The molecule has 1 aliphatic rings. The maximum Gasteiger partial charge on any atom is 0.414 e. The Labute approximate surface area is 54.4 Å². The van der Waals surface area contributed by atoms with Crippen molar-refractivity contribution in [2.45, 2.75) is 6.18 Å². The Morgan fingerprint density at radius 2 is 2.22 bits per heavy atom. The van der Waals surface area contributed by atoms with E-state index < -0.39 is 11.7 Å². The van der Waals surface area contributed by atoms with Crippen molar-refractivity contribution in [3.05, 3.63) is 11.0 Å². The Bertz CT molecular complexity index is 139. The fourth-order valence-electron chi connectivity index (χ4n) is 0.441. The van der Waals surface area contributed by atoms with Crippen molar-refractivity contribution >= 4 is 11.9 Å². The Morgan fingerprint density at radius 3 is 2.44 bits per heavy atom. The van der Waals surface area contributed by atoms with Crippen molar-refractivity contribution in [1.29, 1.82) is 0 Å². The first-order valence-electron chi connectivity index (χ1n) is 2.25. The largest absolute Gasteiger partial charge is 0.414 e. The Kier molecular flexibility index (Phi) is 1.72. The van der Waals surface area contributed by atoms with Crippen LogP contribution in [-0.4, -0.2) is 12.7 Å². The van der Waals surface area contributed by atoms with Gasteiger partial charge in [-0.2, -0.15) is 13.2 Å². The van der Waals surface area contributed by atoms with Crippen molar-refractivity contribution in [2.24, 2.45) is 0 Å². The minimum Gasteiger partial charge on any atom is -0.256 e. The van der Waals surface area contributed by atoms with Gasteiger partial charge in [0, 0.05) is 6.54 Å². The molecule has 0 saturated heterocycles. The summed E-state index contributed by atoms with van der Waals surface area (Å²) in [6.07, 6.45) is -4.14. The van der Waals surface area contributed by atoms with Gasteiger partial charge in [-0.3, -0.25) is 4.72 Å². The lowest BCUT2D eigenvalue weighted by Crippen LogP contribution is -2.16. The van der Waals surface area contributed by atoms with Crippen LogP contribution in [0.2, 0.25) is 0 Å². The molecule has 1 N–H and O–H groups in total. The van der Waals surface area contributed by atoms with Gasteiger partial charge in [-0.05, 0) is 5.41 Å². The molecule has 0 saturated carbocycles. The highest BCUT2D eigenvalue weighted by Gasteiger charge is 2.34. The van der Waals surface area contributed by atoms with E-state index in [-0.39, 0.29) is 6.54 Å². The lowest BCUT2D eigenvalue weighted by atomic mass is 10.3. The molecule has 0 aromatic rings. The summed E-state index contributed by atoms with van der Waals surface area (Å²) in [4.78, 5) is 0. The molecular weight excluding hydrogens is 151 g/mol. The second-order valence-electron chi connectivity index (χ2n) is 1.58. The van der Waals surface area contributed by atoms with Gasteiger partial charge in [-0.15, -0.1) is 0 Å². The number of halogens is 3. The minimum atomic E-state index is -4.14. The van der Waals surface area contributed by atoms with Crippen LogP contribution in [0.1, 0.15) is 0 Å². The molecule has 0 aromatic heterocycles. The molecule has 52 valence electrons. The first-order chi connectivity index (χ1) is 4.11. The predicted molar refractivity (Wildman–Crippen MR) is 29.7 cm³/mol. The summed E-state index contributed by atoms with van der Waals surface area (Å²) in [5.74, 6) is 0. The average Bonchev–Trinajstić information content (AvgIpc) is 2.08. The van der Waals surface area contributed by atoms with Crippen molar-refractivity contribution in [1.82, 2.24) is 4.72 Å². The van der Waals surface area contributed by atoms with Crippen molar-refractivity contribution < 1.29 is 13.2 Å². The molecule has 1 nitrogen and oxygen atoms in total. The highest BCUT2D eigenvalue weighted by Crippen LogP contribution is 2.29. The van der Waals surface area contributed by atoms with E-state index in [1.165, 1.54) is 0 Å². The zero-order valence-electron chi connectivity index (χ0n) is 4.33. The molecule has 0 radical (unpaired) electrons. The molecule has 0 unspecified atom stereocenters. The van der Waals surface area contributed by atoms with Gasteiger partial charge < -0.3 is 0 Å². The SMILES string of the molecule is FC(F)(F)C1=CSNC1. The lowest BCUT2D eigenvalue weighted by Gasteiger charge is -2.03. The highest BCUT2D eigenvalue weighted by atomic mass is 32.2. The first-order valence-corrected chi connectivity index (χ1v) is 3.13. The van der Waals surface area contributed by atoms with E-state index in [4.69, 9.17) is 0 Å². The maximum absolute atomic E-state index is 11.6. The minimum absolute atomic E-state index is 0.0752. The van der Waals surface area contributed by atoms with Gasteiger partial charge >= 0.3 is 6.18 Å². The third kappa shape index (κ3) is 1.62. The normalized spacial score (nSPS) is 20.1. The van der Waals surface area contributed by atoms with Crippen LogP contribution in [0.25, 0.3) is 0 Å². The van der Waals surface area contributed by atoms with Crippen LogP contribution in [0, 0.1) is 0 Å². The quantitative estimate of drug-likeness (QED) is 0.534. The fraction of sp³-hybridized carbons (Fsp3) is 0.500. The molecule has 5 heteroatoms. The summed E-state index contributed by atoms with van der Waals surface area (Å²) in [5, 5.41) is 1.08. The second kappa shape index (κ2) is 2.22. The molecular formula is C4H4F3NS. The summed E-state index contributed by atoms with van der Waals surface area (Å²) in [6.45, 7) is -0.0752. The summed E-state index contributed by atoms with van der Waals surface area (Å²) in [6, 6.07) is 0. The smallest absolute Gasteiger partial charge is 0.256 e. The Hall–Kier alpha value is -0.160. The van der Waals surface area contributed by atoms with E-state index in [0.717, 1.165) is 17.4 Å². The Morgan fingerprint density at radius 1 is 1.56 bits per heavy atom. The monoisotopic (exact) mass is 155 g/mol. The van der Waals surface area contributed by atoms with E-state index in [9.17, 15) is 13.2 Å². The summed E-state index contributed by atoms with van der Waals surface area (Å²) >= 11 is 0.977. The van der Waals surface area contributed by atoms with Gasteiger partial charge in [-0.1, -0.05) is 11.9 Å². The third-order valence-corrected chi connectivity index (χ3v) is 1.62. The van der Waals surface area contributed by atoms with Crippen molar-refractivity contribution in [2.75, 3.05) is 6.54 Å². The van der Waals surface area contributed by atoms with Crippen LogP contribution < -0.4 is 4.72 Å². The molecule has 0 amide bonds. The van der Waals surface area contributed by atoms with Crippen molar-refractivity contribution in [3.63, 3.8) is 0 Å². The van der Waals surface area contributed by atoms with Gasteiger partial charge in [0.1, 0.15) is 0 Å². The number of rotatable bonds is 0. The second-order valence-corrected chi connectivity index (χ2v) is 2.34. The standard InChI is InChI=1S/C4H4F3NS/c5-4(6,7)3-1-8-9-2-3/h2,8H,1H2. The van der Waals surface area contributed by atoms with E-state index in [1.54, 1.807) is 0 Å². The molecule has 9 heavy (non-hydrogen) atoms. The van der Waals surface area contributed by atoms with Crippen molar-refractivity contribution in [3.8, 4) is 0 Å². The molecule has 1 rings (SSSR count). The first kappa shape index (κ1) is 6.95. The molecule has 0 aliphatic carbocycles. The molecule has 1 heterocycles. The van der Waals surface area contributed by atoms with Crippen LogP contribution >= 0.6 is 11.9 Å². The van der Waals surface area contributed by atoms with Crippen LogP contribution in [0.5, 0.6) is 0 Å². The molecule has 0 bridgehead atoms. The summed E-state index contributed by atoms with van der Waals surface area (Å²) < 4.78 is 37.4. The summed E-state index contributed by atoms with van der Waals surface area (Å²) in [5.41, 5.74) is -0.493. The van der Waals surface area contributed by atoms with Crippen LogP contribution in [0.4, 0.5) is 13.2 Å². The molecule has 0 spiro atoms. The van der Waals surface area contributed by atoms with E-state index >= 15 is 0 Å². The molecule has 1 aliphatic heterocycles. The topological polar surface area (TPSA) is 12.0 Å². The lowest BCUT2D eigenvalue weighted by molar-refractivity contribution is -0.0918. The maximum atomic E-state index is 11.6. The Balaban J connectivity index is 2.61. The average molecular weight is 155 g/mol. The van der Waals surface area contributed by atoms with E-state index in [1.807, 2.05) is 0 Å². The summed E-state index contributed by atoms with van der Waals surface area (Å²) in [7, 11) is 0. The zero-order valence-corrected chi connectivity index (χ0v) is 5.14. The van der Waals surface area contributed by atoms with Gasteiger partial charge in [0.2, 0.25) is 0 Å². The van der Waals surface area contributed by atoms with E-state index in [0.29, 0.717) is 0 Å². The number of alkyl halides is 3. The number of hydrogen-bond donors (Lipinski definition) is 1. The third-order valence-electron chi connectivity index (χ3n) is 0.911. The molecule has 0 aromatic carbocycles. The van der Waals surface area contributed by atoms with Crippen LogP contribution in [-0.2, 0) is 0 Å². The van der Waals surface area contributed by atoms with E-state index in [2.05, 4.69) is 4.72 Å². The number of nitrogens with one attached hydrogen (secondary N) is 1. The van der Waals surface area contributed by atoms with Gasteiger partial charge in [0.05, 0.1) is 5.57 Å². The van der Waals surface area contributed by atoms with Gasteiger partial charge in [-0.25, -0.2) is 0 Å². The zero-order chi connectivity index (χ0) is 6.91. The van der Waals surface area contributed by atoms with Gasteiger partial charge in [0.15, 0.2) is 0 Å². The number of hydrogen-bond acceptors (Lipinski definition) is 2. The van der Waals surface area contributed by atoms with Crippen LogP contribution in [0.3, 0.4) is 0 Å².